The number of nitro benzene ring substituents is 1. The van der Waals surface area contributed by atoms with E-state index in [2.05, 4.69) is 10.3 Å². The fourth-order valence-electron chi connectivity index (χ4n) is 4.14. The number of aromatic amines is 1. The molecular weight excluding hydrogens is 454 g/mol. The molecule has 1 heterocycles. The molecule has 5 rings (SSSR count). The van der Waals surface area contributed by atoms with Gasteiger partial charge in [0.15, 0.2) is 0 Å². The van der Waals surface area contributed by atoms with Crippen molar-refractivity contribution in [3.05, 3.63) is 124 Å². The first kappa shape index (κ1) is 22.9. The van der Waals surface area contributed by atoms with Crippen molar-refractivity contribution in [3.63, 3.8) is 0 Å². The number of rotatable bonds is 8. The molecule has 0 saturated carbocycles. The molecule has 2 N–H and O–H groups in total. The van der Waals surface area contributed by atoms with Crippen molar-refractivity contribution in [1.29, 1.82) is 0 Å². The number of carbonyl (C=O) groups is 1. The second-order valence-corrected chi connectivity index (χ2v) is 8.39. The van der Waals surface area contributed by atoms with Crippen molar-refractivity contribution in [2.24, 2.45) is 0 Å². The lowest BCUT2D eigenvalue weighted by molar-refractivity contribution is -0.384. The summed E-state index contributed by atoms with van der Waals surface area (Å²) in [4.78, 5) is 27.5. The second kappa shape index (κ2) is 10.1. The Hall–Kier alpha value is -4.91. The molecule has 0 bridgehead atoms. The van der Waals surface area contributed by atoms with Crippen molar-refractivity contribution in [1.82, 2.24) is 4.98 Å². The molecule has 7 nitrogen and oxygen atoms in total. The summed E-state index contributed by atoms with van der Waals surface area (Å²) in [5.41, 5.74) is 4.22. The first-order valence-electron chi connectivity index (χ1n) is 11.5. The van der Waals surface area contributed by atoms with Crippen molar-refractivity contribution in [3.8, 4) is 16.9 Å². The van der Waals surface area contributed by atoms with E-state index in [0.29, 0.717) is 17.0 Å². The molecule has 0 saturated heterocycles. The molecule has 7 heteroatoms. The number of benzene rings is 4. The molecule has 0 aliphatic carbocycles. The third kappa shape index (κ3) is 5.10. The van der Waals surface area contributed by atoms with E-state index in [0.717, 1.165) is 27.6 Å². The first-order valence-corrected chi connectivity index (χ1v) is 11.5. The van der Waals surface area contributed by atoms with Gasteiger partial charge < -0.3 is 15.0 Å². The Morgan fingerprint density at radius 2 is 1.64 bits per heavy atom. The topological polar surface area (TPSA) is 97.3 Å². The molecule has 5 aromatic rings. The lowest BCUT2D eigenvalue weighted by atomic mass is 10.0. The van der Waals surface area contributed by atoms with Crippen LogP contribution in [0.3, 0.4) is 0 Å². The Morgan fingerprint density at radius 1 is 0.889 bits per heavy atom. The number of H-pyrrole nitrogens is 1. The van der Waals surface area contributed by atoms with Gasteiger partial charge in [0.1, 0.15) is 12.4 Å². The van der Waals surface area contributed by atoms with Crippen LogP contribution >= 0.6 is 0 Å². The van der Waals surface area contributed by atoms with E-state index in [-0.39, 0.29) is 24.6 Å². The van der Waals surface area contributed by atoms with E-state index in [1.165, 1.54) is 12.1 Å². The van der Waals surface area contributed by atoms with Crippen LogP contribution in [0.1, 0.15) is 11.1 Å². The molecule has 0 fully saturated rings. The van der Waals surface area contributed by atoms with E-state index in [1.807, 2.05) is 91.1 Å². The minimum Gasteiger partial charge on any atom is -0.488 e. The van der Waals surface area contributed by atoms with Crippen LogP contribution in [-0.2, 0) is 17.8 Å². The second-order valence-electron chi connectivity index (χ2n) is 8.39. The molecule has 1 aromatic heterocycles. The van der Waals surface area contributed by atoms with Crippen molar-refractivity contribution in [2.45, 2.75) is 13.0 Å². The number of carbonyl (C=O) groups excluding carboxylic acids is 1. The number of amides is 1. The fraction of sp³-hybridized carbons (Fsp3) is 0.0690. The zero-order valence-corrected chi connectivity index (χ0v) is 19.3. The SMILES string of the molecule is O=C(Cc1ccc2cc[nH]c2c1)Nc1cc([N+](=O)[O-])cc(OCc2ccccc2)c1-c1ccccc1. The maximum absolute atomic E-state index is 13.1. The third-order valence-corrected chi connectivity index (χ3v) is 5.86. The van der Waals surface area contributed by atoms with Gasteiger partial charge in [0, 0.05) is 23.3 Å². The first-order chi connectivity index (χ1) is 17.6. The summed E-state index contributed by atoms with van der Waals surface area (Å²) in [5, 5.41) is 15.7. The molecule has 36 heavy (non-hydrogen) atoms. The van der Waals surface area contributed by atoms with Crippen molar-refractivity contribution >= 4 is 28.2 Å². The van der Waals surface area contributed by atoms with Gasteiger partial charge in [0.25, 0.3) is 5.69 Å². The maximum Gasteiger partial charge on any atom is 0.275 e. The number of aromatic nitrogens is 1. The molecule has 0 aliphatic heterocycles. The number of ether oxygens (including phenoxy) is 1. The summed E-state index contributed by atoms with van der Waals surface area (Å²) in [6.07, 6.45) is 1.97. The number of hydrogen-bond donors (Lipinski definition) is 2. The standard InChI is InChI=1S/C29H23N3O4/c33-28(16-21-11-12-22-13-14-30-25(22)15-21)31-26-17-24(32(34)35)18-27(29(26)23-9-5-2-6-10-23)36-19-20-7-3-1-4-8-20/h1-15,17-18,30H,16,19H2,(H,31,33). The summed E-state index contributed by atoms with van der Waals surface area (Å²) in [6.45, 7) is 0.228. The highest BCUT2D eigenvalue weighted by molar-refractivity contribution is 5.99. The number of anilines is 1. The van der Waals surface area contributed by atoms with Gasteiger partial charge in [-0.15, -0.1) is 0 Å². The third-order valence-electron chi connectivity index (χ3n) is 5.86. The highest BCUT2D eigenvalue weighted by atomic mass is 16.6. The van der Waals surface area contributed by atoms with E-state index in [9.17, 15) is 14.9 Å². The van der Waals surface area contributed by atoms with Gasteiger partial charge in [-0.1, -0.05) is 72.8 Å². The van der Waals surface area contributed by atoms with Crippen LogP contribution in [0.4, 0.5) is 11.4 Å². The Bertz CT molecular complexity index is 1530. The van der Waals surface area contributed by atoms with Gasteiger partial charge in [-0.25, -0.2) is 0 Å². The quantitative estimate of drug-likeness (QED) is 0.197. The summed E-state index contributed by atoms with van der Waals surface area (Å²) in [6, 6.07) is 29.5. The van der Waals surface area contributed by atoms with E-state index in [4.69, 9.17) is 4.74 Å². The van der Waals surface area contributed by atoms with E-state index >= 15 is 0 Å². The van der Waals surface area contributed by atoms with Gasteiger partial charge >= 0.3 is 0 Å². The van der Waals surface area contributed by atoms with Crippen LogP contribution in [0.15, 0.2) is 103 Å². The molecular formula is C29H23N3O4. The van der Waals surface area contributed by atoms with Gasteiger partial charge in [-0.05, 0) is 34.2 Å². The van der Waals surface area contributed by atoms with Gasteiger partial charge in [0.05, 0.1) is 23.1 Å². The van der Waals surface area contributed by atoms with Crippen LogP contribution in [0.2, 0.25) is 0 Å². The van der Waals surface area contributed by atoms with Crippen LogP contribution in [0, 0.1) is 10.1 Å². The Labute approximate surface area is 207 Å². The average molecular weight is 478 g/mol. The summed E-state index contributed by atoms with van der Waals surface area (Å²) >= 11 is 0. The van der Waals surface area contributed by atoms with Gasteiger partial charge in [-0.2, -0.15) is 0 Å². The lowest BCUT2D eigenvalue weighted by Gasteiger charge is -2.17. The highest BCUT2D eigenvalue weighted by Gasteiger charge is 2.21. The van der Waals surface area contributed by atoms with Crippen molar-refractivity contribution < 1.29 is 14.5 Å². The number of non-ortho nitro benzene ring substituents is 1. The predicted molar refractivity (Wildman–Crippen MR) is 140 cm³/mol. The van der Waals surface area contributed by atoms with Crippen LogP contribution in [0.5, 0.6) is 5.75 Å². The van der Waals surface area contributed by atoms with Crippen molar-refractivity contribution in [2.75, 3.05) is 5.32 Å². The van der Waals surface area contributed by atoms with Crippen LogP contribution < -0.4 is 10.1 Å². The monoisotopic (exact) mass is 477 g/mol. The minimum atomic E-state index is -0.487. The molecule has 0 radical (unpaired) electrons. The lowest BCUT2D eigenvalue weighted by Crippen LogP contribution is -2.15. The van der Waals surface area contributed by atoms with Gasteiger partial charge in [0.2, 0.25) is 5.91 Å². The molecule has 4 aromatic carbocycles. The minimum absolute atomic E-state index is 0.117. The fourth-order valence-corrected chi connectivity index (χ4v) is 4.14. The molecule has 0 spiro atoms. The number of nitrogens with zero attached hydrogens (tertiary/aromatic N) is 1. The predicted octanol–water partition coefficient (Wildman–Crippen LogP) is 6.50. The molecule has 0 aliphatic rings. The Morgan fingerprint density at radius 3 is 2.39 bits per heavy atom. The normalized spacial score (nSPS) is 10.8. The number of hydrogen-bond acceptors (Lipinski definition) is 4. The summed E-state index contributed by atoms with van der Waals surface area (Å²) in [7, 11) is 0. The molecule has 0 atom stereocenters. The van der Waals surface area contributed by atoms with Crippen LogP contribution in [0.25, 0.3) is 22.0 Å². The number of nitro groups is 1. The zero-order chi connectivity index (χ0) is 24.9. The van der Waals surface area contributed by atoms with Gasteiger partial charge in [-0.3, -0.25) is 14.9 Å². The smallest absolute Gasteiger partial charge is 0.275 e. The molecule has 0 unspecified atom stereocenters. The largest absolute Gasteiger partial charge is 0.488 e. The number of fused-ring (bicyclic) bond motifs is 1. The zero-order valence-electron chi connectivity index (χ0n) is 19.3. The highest BCUT2D eigenvalue weighted by Crippen LogP contribution is 2.41. The van der Waals surface area contributed by atoms with E-state index in [1.54, 1.807) is 0 Å². The Balaban J connectivity index is 1.50. The maximum atomic E-state index is 13.1. The summed E-state index contributed by atoms with van der Waals surface area (Å²) < 4.78 is 6.09. The molecule has 1 amide bonds. The molecule has 178 valence electrons. The Kier molecular flexibility index (Phi) is 6.44. The van der Waals surface area contributed by atoms with E-state index < -0.39 is 4.92 Å². The number of nitrogens with one attached hydrogen (secondary N) is 2. The summed E-state index contributed by atoms with van der Waals surface area (Å²) in [5.74, 6) is 0.0370. The average Bonchev–Trinajstić information content (AvgIpc) is 3.36. The van der Waals surface area contributed by atoms with Crippen LogP contribution in [-0.4, -0.2) is 15.8 Å².